The van der Waals surface area contributed by atoms with Gasteiger partial charge in [-0.2, -0.15) is 0 Å². The van der Waals surface area contributed by atoms with E-state index in [9.17, 15) is 9.18 Å². The summed E-state index contributed by atoms with van der Waals surface area (Å²) in [5.74, 6) is -0.148. The Morgan fingerprint density at radius 1 is 1.39 bits per heavy atom. The van der Waals surface area contributed by atoms with Gasteiger partial charge >= 0.3 is 6.03 Å². The van der Waals surface area contributed by atoms with Gasteiger partial charge in [-0.05, 0) is 25.8 Å². The zero-order valence-electron chi connectivity index (χ0n) is 12.8. The molecule has 7 heteroatoms. The highest BCUT2D eigenvalue weighted by Gasteiger charge is 2.25. The lowest BCUT2D eigenvalue weighted by Gasteiger charge is -2.11. The fraction of sp³-hybridized carbons (Fsp3) is 0.375. The standard InChI is InChI=1S/C16H18FN3O2S/c1-10-14(23-9-20-10)8-19-16(21)18-7-11-3-2-4-13(15(11)17)22-12-5-6-12/h2-4,9,12H,5-8H2,1H3,(H2,18,19,21). The third-order valence-corrected chi connectivity index (χ3v) is 4.49. The zero-order valence-corrected chi connectivity index (χ0v) is 13.6. The van der Waals surface area contributed by atoms with Crippen LogP contribution in [0.4, 0.5) is 9.18 Å². The summed E-state index contributed by atoms with van der Waals surface area (Å²) in [6.07, 6.45) is 2.08. The van der Waals surface area contributed by atoms with Gasteiger partial charge in [-0.3, -0.25) is 0 Å². The normalized spacial score (nSPS) is 13.7. The van der Waals surface area contributed by atoms with E-state index >= 15 is 0 Å². The smallest absolute Gasteiger partial charge is 0.315 e. The molecule has 5 nitrogen and oxygen atoms in total. The van der Waals surface area contributed by atoms with Gasteiger partial charge in [0, 0.05) is 17.0 Å². The number of thiazole rings is 1. The molecule has 0 spiro atoms. The fourth-order valence-corrected chi connectivity index (χ4v) is 2.76. The molecule has 1 saturated carbocycles. The minimum Gasteiger partial charge on any atom is -0.487 e. The van der Waals surface area contributed by atoms with E-state index in [4.69, 9.17) is 4.74 Å². The first-order valence-corrected chi connectivity index (χ1v) is 8.36. The molecule has 0 radical (unpaired) electrons. The maximum Gasteiger partial charge on any atom is 0.315 e. The minimum atomic E-state index is -0.405. The second-order valence-electron chi connectivity index (χ2n) is 5.44. The van der Waals surface area contributed by atoms with Gasteiger partial charge in [0.05, 0.1) is 23.9 Å². The summed E-state index contributed by atoms with van der Waals surface area (Å²) in [5.41, 5.74) is 3.06. The Bertz CT molecular complexity index is 700. The maximum atomic E-state index is 14.3. The molecule has 1 heterocycles. The molecule has 3 rings (SSSR count). The van der Waals surface area contributed by atoms with Crippen LogP contribution in [-0.2, 0) is 13.1 Å². The van der Waals surface area contributed by atoms with Gasteiger partial charge in [0.15, 0.2) is 11.6 Å². The first-order chi connectivity index (χ1) is 11.1. The number of nitrogens with one attached hydrogen (secondary N) is 2. The van der Waals surface area contributed by atoms with E-state index in [2.05, 4.69) is 15.6 Å². The number of hydrogen-bond acceptors (Lipinski definition) is 4. The van der Waals surface area contributed by atoms with Gasteiger partial charge in [0.25, 0.3) is 0 Å². The number of ether oxygens (including phenoxy) is 1. The number of hydrogen-bond donors (Lipinski definition) is 2. The van der Waals surface area contributed by atoms with Crippen molar-refractivity contribution in [1.29, 1.82) is 0 Å². The van der Waals surface area contributed by atoms with Crippen LogP contribution in [0.1, 0.15) is 29.0 Å². The van der Waals surface area contributed by atoms with Gasteiger partial charge in [-0.15, -0.1) is 11.3 Å². The molecular formula is C16H18FN3O2S. The first kappa shape index (κ1) is 15.7. The van der Waals surface area contributed by atoms with Crippen molar-refractivity contribution in [2.24, 2.45) is 0 Å². The van der Waals surface area contributed by atoms with E-state index in [0.29, 0.717) is 12.1 Å². The molecule has 0 atom stereocenters. The van der Waals surface area contributed by atoms with Gasteiger partial charge in [0.2, 0.25) is 0 Å². The van der Waals surface area contributed by atoms with Gasteiger partial charge < -0.3 is 15.4 Å². The quantitative estimate of drug-likeness (QED) is 0.852. The van der Waals surface area contributed by atoms with Crippen molar-refractivity contribution in [2.45, 2.75) is 39.0 Å². The predicted molar refractivity (Wildman–Crippen MR) is 86.0 cm³/mol. The average molecular weight is 335 g/mol. The molecule has 0 saturated heterocycles. The van der Waals surface area contributed by atoms with Crippen molar-refractivity contribution in [3.8, 4) is 5.75 Å². The molecule has 2 N–H and O–H groups in total. The Morgan fingerprint density at radius 2 is 2.17 bits per heavy atom. The minimum absolute atomic E-state index is 0.112. The predicted octanol–water partition coefficient (Wildman–Crippen LogP) is 3.13. The van der Waals surface area contributed by atoms with Crippen LogP contribution in [0.5, 0.6) is 5.75 Å². The molecule has 1 aromatic carbocycles. The van der Waals surface area contributed by atoms with Crippen LogP contribution in [0.2, 0.25) is 0 Å². The lowest BCUT2D eigenvalue weighted by molar-refractivity contribution is 0.240. The maximum absolute atomic E-state index is 14.3. The van der Waals surface area contributed by atoms with Crippen molar-refractivity contribution in [1.82, 2.24) is 15.6 Å². The monoisotopic (exact) mass is 335 g/mol. The van der Waals surface area contributed by atoms with E-state index in [1.54, 1.807) is 23.7 Å². The van der Waals surface area contributed by atoms with Crippen LogP contribution in [0.3, 0.4) is 0 Å². The van der Waals surface area contributed by atoms with E-state index in [0.717, 1.165) is 23.4 Å². The van der Waals surface area contributed by atoms with Crippen LogP contribution in [0, 0.1) is 12.7 Å². The Kier molecular flexibility index (Phi) is 4.76. The number of nitrogens with zero attached hydrogens (tertiary/aromatic N) is 1. The molecule has 0 bridgehead atoms. The van der Waals surface area contributed by atoms with Crippen LogP contribution in [0.15, 0.2) is 23.7 Å². The summed E-state index contributed by atoms with van der Waals surface area (Å²) in [7, 11) is 0. The van der Waals surface area contributed by atoms with E-state index < -0.39 is 5.82 Å². The number of urea groups is 1. The van der Waals surface area contributed by atoms with Crippen LogP contribution >= 0.6 is 11.3 Å². The number of amides is 2. The molecule has 0 unspecified atom stereocenters. The molecule has 2 aromatic rings. The molecule has 1 aliphatic carbocycles. The summed E-state index contributed by atoms with van der Waals surface area (Å²) < 4.78 is 19.8. The molecule has 1 aliphatic rings. The summed E-state index contributed by atoms with van der Waals surface area (Å²) in [5, 5.41) is 5.40. The number of aromatic nitrogens is 1. The van der Waals surface area contributed by atoms with Gasteiger partial charge in [-0.25, -0.2) is 14.2 Å². The summed E-state index contributed by atoms with van der Waals surface area (Å²) in [6.45, 7) is 2.42. The van der Waals surface area contributed by atoms with Crippen molar-refractivity contribution < 1.29 is 13.9 Å². The van der Waals surface area contributed by atoms with Gasteiger partial charge in [0.1, 0.15) is 0 Å². The van der Waals surface area contributed by atoms with Crippen LogP contribution < -0.4 is 15.4 Å². The largest absolute Gasteiger partial charge is 0.487 e. The fourth-order valence-electron chi connectivity index (χ4n) is 2.04. The number of carbonyl (C=O) groups is 1. The average Bonchev–Trinajstić information content (AvgIpc) is 3.26. The van der Waals surface area contributed by atoms with Crippen molar-refractivity contribution >= 4 is 17.4 Å². The second-order valence-corrected chi connectivity index (χ2v) is 6.38. The number of benzene rings is 1. The Balaban J connectivity index is 1.51. The number of carbonyl (C=O) groups excluding carboxylic acids is 1. The first-order valence-electron chi connectivity index (χ1n) is 7.48. The van der Waals surface area contributed by atoms with E-state index in [-0.39, 0.29) is 24.4 Å². The summed E-state index contributed by atoms with van der Waals surface area (Å²) in [4.78, 5) is 16.9. The van der Waals surface area contributed by atoms with Crippen molar-refractivity contribution in [2.75, 3.05) is 0 Å². The zero-order chi connectivity index (χ0) is 16.2. The third-order valence-electron chi connectivity index (χ3n) is 3.56. The molecule has 122 valence electrons. The topological polar surface area (TPSA) is 63.2 Å². The molecule has 23 heavy (non-hydrogen) atoms. The highest BCUT2D eigenvalue weighted by atomic mass is 32.1. The van der Waals surface area contributed by atoms with E-state index in [1.807, 2.05) is 6.92 Å². The highest BCUT2D eigenvalue weighted by Crippen LogP contribution is 2.29. The molecule has 2 amide bonds. The molecule has 1 fully saturated rings. The van der Waals surface area contributed by atoms with E-state index in [1.165, 1.54) is 11.3 Å². The number of rotatable bonds is 6. The third kappa shape index (κ3) is 4.19. The van der Waals surface area contributed by atoms with Gasteiger partial charge in [-0.1, -0.05) is 12.1 Å². The van der Waals surface area contributed by atoms with Crippen molar-refractivity contribution in [3.63, 3.8) is 0 Å². The Morgan fingerprint density at radius 3 is 2.87 bits per heavy atom. The summed E-state index contributed by atoms with van der Waals surface area (Å²) >= 11 is 1.49. The highest BCUT2D eigenvalue weighted by molar-refractivity contribution is 7.09. The van der Waals surface area contributed by atoms with Crippen LogP contribution in [-0.4, -0.2) is 17.1 Å². The Hall–Kier alpha value is -2.15. The lowest BCUT2D eigenvalue weighted by Crippen LogP contribution is -2.34. The SMILES string of the molecule is Cc1ncsc1CNC(=O)NCc1cccc(OC2CC2)c1F. The summed E-state index contributed by atoms with van der Waals surface area (Å²) in [6, 6.07) is 4.65. The lowest BCUT2D eigenvalue weighted by atomic mass is 10.2. The van der Waals surface area contributed by atoms with Crippen LogP contribution in [0.25, 0.3) is 0 Å². The second kappa shape index (κ2) is 6.95. The number of halogens is 1. The molecule has 0 aliphatic heterocycles. The van der Waals surface area contributed by atoms with Crippen molar-refractivity contribution in [3.05, 3.63) is 45.7 Å². The molecule has 1 aromatic heterocycles. The number of aryl methyl sites for hydroxylation is 1. The molecular weight excluding hydrogens is 317 g/mol. The Labute approximate surface area is 137 Å².